The maximum absolute atomic E-state index is 12.6. The van der Waals surface area contributed by atoms with Gasteiger partial charge in [-0.15, -0.1) is 0 Å². The number of carboxylic acid groups (broad SMARTS) is 1. The van der Waals surface area contributed by atoms with E-state index in [1.165, 1.54) is 4.90 Å². The third-order valence-corrected chi connectivity index (χ3v) is 6.44. The van der Waals surface area contributed by atoms with Crippen LogP contribution in [0.3, 0.4) is 0 Å². The van der Waals surface area contributed by atoms with Crippen molar-refractivity contribution in [3.05, 3.63) is 59.7 Å². The van der Waals surface area contributed by atoms with Crippen LogP contribution in [0.25, 0.3) is 11.1 Å². The second kappa shape index (κ2) is 9.42. The molecule has 1 fully saturated rings. The zero-order chi connectivity index (χ0) is 22.7. The highest BCUT2D eigenvalue weighted by Crippen LogP contribution is 2.44. The molecule has 2 aromatic rings. The molecule has 2 aromatic carbocycles. The van der Waals surface area contributed by atoms with Crippen LogP contribution < -0.4 is 5.32 Å². The van der Waals surface area contributed by atoms with Gasteiger partial charge in [0.15, 0.2) is 0 Å². The molecule has 32 heavy (non-hydrogen) atoms. The zero-order valence-corrected chi connectivity index (χ0v) is 18.1. The monoisotopic (exact) mass is 436 g/mol. The quantitative estimate of drug-likeness (QED) is 0.689. The largest absolute Gasteiger partial charge is 0.480 e. The number of hydrogen-bond acceptors (Lipinski definition) is 4. The molecule has 0 radical (unpaired) electrons. The number of carbonyl (C=O) groups is 3. The molecular weight excluding hydrogens is 408 g/mol. The molecule has 2 aliphatic rings. The van der Waals surface area contributed by atoms with Crippen molar-refractivity contribution in [2.24, 2.45) is 0 Å². The second-order valence-electron chi connectivity index (χ2n) is 8.36. The van der Waals surface area contributed by atoms with E-state index >= 15 is 0 Å². The van der Waals surface area contributed by atoms with Crippen LogP contribution >= 0.6 is 0 Å². The van der Waals surface area contributed by atoms with E-state index in [4.69, 9.17) is 4.74 Å². The van der Waals surface area contributed by atoms with Gasteiger partial charge >= 0.3 is 12.1 Å². The first-order chi connectivity index (χ1) is 15.5. The molecule has 1 aliphatic carbocycles. The number of hydrogen-bond donors (Lipinski definition) is 2. The molecule has 0 aromatic heterocycles. The highest BCUT2D eigenvalue weighted by molar-refractivity contribution is 5.85. The Bertz CT molecular complexity index is 975. The first-order valence-corrected chi connectivity index (χ1v) is 11.1. The standard InChI is InChI=1S/C25H28N2O5/c1-2-16(14-23(28)27-13-7-12-22(27)24(29)30)26-25(31)32-15-21-19-10-5-3-8-17(19)18-9-4-6-11-20(18)21/h3-6,8-11,16,21-22H,2,7,12-15H2,1H3,(H,26,31)(H,29,30)/t16-,22+/m0/s1. The maximum atomic E-state index is 12.6. The summed E-state index contributed by atoms with van der Waals surface area (Å²) < 4.78 is 5.57. The molecule has 2 atom stereocenters. The number of alkyl carbamates (subject to hydrolysis) is 1. The Labute approximate surface area is 187 Å². The number of rotatable bonds is 7. The Morgan fingerprint density at radius 3 is 2.31 bits per heavy atom. The highest BCUT2D eigenvalue weighted by Gasteiger charge is 2.35. The molecule has 1 heterocycles. The number of fused-ring (bicyclic) bond motifs is 3. The minimum atomic E-state index is -0.978. The lowest BCUT2D eigenvalue weighted by molar-refractivity contribution is -0.148. The number of likely N-dealkylation sites (tertiary alicyclic amines) is 1. The van der Waals surface area contributed by atoms with Gasteiger partial charge in [0, 0.05) is 24.9 Å². The fourth-order valence-electron chi connectivity index (χ4n) is 4.75. The van der Waals surface area contributed by atoms with Crippen molar-refractivity contribution in [1.29, 1.82) is 0 Å². The minimum absolute atomic E-state index is 0.0317. The molecule has 7 heteroatoms. The van der Waals surface area contributed by atoms with Gasteiger partial charge in [-0.3, -0.25) is 4.79 Å². The van der Waals surface area contributed by atoms with E-state index in [0.717, 1.165) is 22.3 Å². The van der Waals surface area contributed by atoms with Gasteiger partial charge in [0.1, 0.15) is 12.6 Å². The van der Waals surface area contributed by atoms with Crippen LogP contribution in [0.1, 0.15) is 49.7 Å². The molecule has 4 rings (SSSR count). The normalized spacial score (nSPS) is 18.0. The van der Waals surface area contributed by atoms with Gasteiger partial charge in [-0.25, -0.2) is 9.59 Å². The summed E-state index contributed by atoms with van der Waals surface area (Å²) in [5, 5.41) is 12.1. The van der Waals surface area contributed by atoms with Crippen molar-refractivity contribution in [2.75, 3.05) is 13.2 Å². The molecule has 2 N–H and O–H groups in total. The number of nitrogens with zero attached hydrogens (tertiary/aromatic N) is 1. The number of benzene rings is 2. The third-order valence-electron chi connectivity index (χ3n) is 6.44. The maximum Gasteiger partial charge on any atom is 0.407 e. The summed E-state index contributed by atoms with van der Waals surface area (Å²) >= 11 is 0. The number of ether oxygens (including phenoxy) is 1. The SMILES string of the molecule is CC[C@@H](CC(=O)N1CCC[C@@H]1C(=O)O)NC(=O)OCC1c2ccccc2-c2ccccc21. The highest BCUT2D eigenvalue weighted by atomic mass is 16.5. The van der Waals surface area contributed by atoms with E-state index < -0.39 is 24.1 Å². The van der Waals surface area contributed by atoms with E-state index in [0.29, 0.717) is 25.8 Å². The van der Waals surface area contributed by atoms with E-state index in [2.05, 4.69) is 29.6 Å². The summed E-state index contributed by atoms with van der Waals surface area (Å²) in [5.41, 5.74) is 4.59. The zero-order valence-electron chi connectivity index (χ0n) is 18.1. The lowest BCUT2D eigenvalue weighted by Crippen LogP contribution is -2.44. The fourth-order valence-corrected chi connectivity index (χ4v) is 4.75. The first-order valence-electron chi connectivity index (χ1n) is 11.1. The number of aliphatic carboxylic acids is 1. The van der Waals surface area contributed by atoms with Gasteiger partial charge in [0.05, 0.1) is 0 Å². The van der Waals surface area contributed by atoms with Crippen LogP contribution in [-0.4, -0.2) is 53.2 Å². The lowest BCUT2D eigenvalue weighted by Gasteiger charge is -2.24. The summed E-state index contributed by atoms with van der Waals surface area (Å²) in [6.45, 7) is 2.52. The van der Waals surface area contributed by atoms with Gasteiger partial charge in [-0.1, -0.05) is 55.5 Å². The Morgan fingerprint density at radius 1 is 1.09 bits per heavy atom. The van der Waals surface area contributed by atoms with Crippen molar-refractivity contribution < 1.29 is 24.2 Å². The average molecular weight is 437 g/mol. The number of nitrogens with one attached hydrogen (secondary N) is 1. The van der Waals surface area contributed by atoms with Gasteiger partial charge in [0.2, 0.25) is 5.91 Å². The van der Waals surface area contributed by atoms with Crippen molar-refractivity contribution in [2.45, 2.75) is 50.6 Å². The van der Waals surface area contributed by atoms with Crippen molar-refractivity contribution >= 4 is 18.0 Å². The van der Waals surface area contributed by atoms with Crippen molar-refractivity contribution in [3.8, 4) is 11.1 Å². The Kier molecular flexibility index (Phi) is 6.44. The Hall–Kier alpha value is -3.35. The van der Waals surface area contributed by atoms with E-state index in [1.807, 2.05) is 31.2 Å². The van der Waals surface area contributed by atoms with Crippen molar-refractivity contribution in [1.82, 2.24) is 10.2 Å². The van der Waals surface area contributed by atoms with Crippen LogP contribution in [0.4, 0.5) is 4.79 Å². The smallest absolute Gasteiger partial charge is 0.407 e. The van der Waals surface area contributed by atoms with E-state index in [-0.39, 0.29) is 24.9 Å². The molecule has 0 spiro atoms. The van der Waals surface area contributed by atoms with Crippen LogP contribution in [0.5, 0.6) is 0 Å². The minimum Gasteiger partial charge on any atom is -0.480 e. The topological polar surface area (TPSA) is 95.9 Å². The molecule has 0 saturated carbocycles. The fraction of sp³-hybridized carbons (Fsp3) is 0.400. The summed E-state index contributed by atoms with van der Waals surface area (Å²) in [4.78, 5) is 37.9. The van der Waals surface area contributed by atoms with E-state index in [1.54, 1.807) is 0 Å². The van der Waals surface area contributed by atoms with Gasteiger partial charge in [0.25, 0.3) is 0 Å². The van der Waals surface area contributed by atoms with Crippen molar-refractivity contribution in [3.63, 3.8) is 0 Å². The summed E-state index contributed by atoms with van der Waals surface area (Å²) in [6, 6.07) is 15.1. The molecule has 1 aliphatic heterocycles. The lowest BCUT2D eigenvalue weighted by atomic mass is 9.98. The predicted molar refractivity (Wildman–Crippen MR) is 119 cm³/mol. The van der Waals surface area contributed by atoms with Crippen LogP contribution in [-0.2, 0) is 14.3 Å². The molecule has 7 nitrogen and oxygen atoms in total. The first kappa shape index (κ1) is 21.9. The Morgan fingerprint density at radius 2 is 1.72 bits per heavy atom. The van der Waals surface area contributed by atoms with Crippen LogP contribution in [0.15, 0.2) is 48.5 Å². The van der Waals surface area contributed by atoms with Gasteiger partial charge in [-0.05, 0) is 41.5 Å². The average Bonchev–Trinajstić information content (AvgIpc) is 3.41. The molecule has 168 valence electrons. The second-order valence-corrected chi connectivity index (χ2v) is 8.36. The van der Waals surface area contributed by atoms with Crippen LogP contribution in [0, 0.1) is 0 Å². The van der Waals surface area contributed by atoms with Gasteiger partial charge in [-0.2, -0.15) is 0 Å². The van der Waals surface area contributed by atoms with Gasteiger partial charge < -0.3 is 20.1 Å². The molecule has 0 unspecified atom stereocenters. The number of carbonyl (C=O) groups excluding carboxylic acids is 2. The predicted octanol–water partition coefficient (Wildman–Crippen LogP) is 3.77. The summed E-state index contributed by atoms with van der Waals surface area (Å²) in [6.07, 6.45) is 1.19. The molecule has 1 saturated heterocycles. The summed E-state index contributed by atoms with van der Waals surface area (Å²) in [7, 11) is 0. The molecular formula is C25H28N2O5. The number of carboxylic acids is 1. The summed E-state index contributed by atoms with van der Waals surface area (Å²) in [5.74, 6) is -1.26. The Balaban J connectivity index is 1.35. The van der Waals surface area contributed by atoms with Crippen LogP contribution in [0.2, 0.25) is 0 Å². The third kappa shape index (κ3) is 4.33. The van der Waals surface area contributed by atoms with E-state index in [9.17, 15) is 19.5 Å². The number of amides is 2. The molecule has 0 bridgehead atoms. The molecule has 2 amide bonds.